The number of rotatable bonds is 3. The fourth-order valence-electron chi connectivity index (χ4n) is 4.34. The van der Waals surface area contributed by atoms with Crippen LogP contribution in [0.4, 0.5) is 0 Å². The van der Waals surface area contributed by atoms with Gasteiger partial charge in [0.25, 0.3) is 0 Å². The summed E-state index contributed by atoms with van der Waals surface area (Å²) in [6.07, 6.45) is 2.27. The molecule has 0 amide bonds. The Labute approximate surface area is 165 Å². The number of benzene rings is 4. The van der Waals surface area contributed by atoms with Crippen LogP contribution >= 0.6 is 0 Å². The summed E-state index contributed by atoms with van der Waals surface area (Å²) in [5, 5.41) is 2.27. The summed E-state index contributed by atoms with van der Waals surface area (Å²) in [5.74, 6) is 0.166. The first-order chi connectivity index (χ1) is 13.7. The Balaban J connectivity index is 1.80. The molecule has 1 aliphatic rings. The highest BCUT2D eigenvalue weighted by Gasteiger charge is 2.30. The Hall–Kier alpha value is -3.45. The molecule has 0 fully saturated rings. The first-order valence-corrected chi connectivity index (χ1v) is 9.62. The molecule has 4 aromatic rings. The van der Waals surface area contributed by atoms with E-state index in [2.05, 4.69) is 84.9 Å². The molecular formula is C27H20O. The Morgan fingerprint density at radius 1 is 0.714 bits per heavy atom. The molecule has 134 valence electrons. The zero-order valence-corrected chi connectivity index (χ0v) is 15.7. The van der Waals surface area contributed by atoms with Crippen molar-refractivity contribution in [1.29, 1.82) is 0 Å². The molecule has 0 aliphatic heterocycles. The van der Waals surface area contributed by atoms with Crippen LogP contribution in [0.1, 0.15) is 45.5 Å². The van der Waals surface area contributed by atoms with Crippen molar-refractivity contribution in [2.75, 3.05) is 0 Å². The number of hydrogen-bond acceptors (Lipinski definition) is 1. The number of carbonyl (C=O) groups is 1. The van der Waals surface area contributed by atoms with Gasteiger partial charge in [-0.05, 0) is 63.7 Å². The molecule has 0 aromatic heterocycles. The van der Waals surface area contributed by atoms with Gasteiger partial charge in [-0.2, -0.15) is 0 Å². The average molecular weight is 360 g/mol. The second kappa shape index (κ2) is 6.61. The maximum absolute atomic E-state index is 12.6. The van der Waals surface area contributed by atoms with Crippen molar-refractivity contribution in [1.82, 2.24) is 0 Å². The zero-order chi connectivity index (χ0) is 19.1. The molecule has 1 nitrogen and oxygen atoms in total. The van der Waals surface area contributed by atoms with Gasteiger partial charge in [0.1, 0.15) is 0 Å². The number of hydrogen-bond donors (Lipinski definition) is 0. The van der Waals surface area contributed by atoms with Crippen LogP contribution in [-0.4, -0.2) is 5.78 Å². The van der Waals surface area contributed by atoms with Crippen molar-refractivity contribution in [2.24, 2.45) is 0 Å². The summed E-state index contributed by atoms with van der Waals surface area (Å²) in [7, 11) is 0. The van der Waals surface area contributed by atoms with E-state index in [0.29, 0.717) is 0 Å². The van der Waals surface area contributed by atoms with Crippen LogP contribution in [0, 0.1) is 0 Å². The number of ketones is 1. The maximum atomic E-state index is 12.6. The lowest BCUT2D eigenvalue weighted by molar-refractivity contribution is 0.101. The maximum Gasteiger partial charge on any atom is 0.160 e. The van der Waals surface area contributed by atoms with Gasteiger partial charge in [-0.15, -0.1) is 0 Å². The summed E-state index contributed by atoms with van der Waals surface area (Å²) in [6.45, 7) is 1.67. The van der Waals surface area contributed by atoms with Crippen LogP contribution in [0.5, 0.6) is 0 Å². The number of Topliss-reactive ketones (excluding diaryl/α,β-unsaturated/α-hetero) is 1. The van der Waals surface area contributed by atoms with Gasteiger partial charge < -0.3 is 0 Å². The summed E-state index contributed by atoms with van der Waals surface area (Å²) >= 11 is 0. The van der Waals surface area contributed by atoms with Crippen LogP contribution in [-0.2, 0) is 0 Å². The van der Waals surface area contributed by atoms with Gasteiger partial charge in [-0.25, -0.2) is 0 Å². The van der Waals surface area contributed by atoms with Crippen molar-refractivity contribution < 1.29 is 4.79 Å². The van der Waals surface area contributed by atoms with Gasteiger partial charge in [-0.3, -0.25) is 4.79 Å². The normalized spacial score (nSPS) is 15.3. The standard InChI is InChI=1S/C27H20O/c1-18(28)24-15-20-11-5-6-12-21(20)16-26(24)27-23-14-8-7-13-22(23)17-25(27)19-9-3-2-4-10-19/h2-17,27H,1H3. The van der Waals surface area contributed by atoms with E-state index in [4.69, 9.17) is 0 Å². The van der Waals surface area contributed by atoms with Gasteiger partial charge in [-0.1, -0.05) is 78.9 Å². The molecule has 0 saturated carbocycles. The number of carbonyl (C=O) groups excluding carboxylic acids is 1. The molecule has 5 rings (SSSR count). The first kappa shape index (κ1) is 16.7. The van der Waals surface area contributed by atoms with Crippen molar-refractivity contribution in [3.05, 3.63) is 119 Å². The molecule has 0 heterocycles. The van der Waals surface area contributed by atoms with Crippen LogP contribution < -0.4 is 0 Å². The Morgan fingerprint density at radius 3 is 2.11 bits per heavy atom. The highest BCUT2D eigenvalue weighted by atomic mass is 16.1. The quantitative estimate of drug-likeness (QED) is 0.370. The van der Waals surface area contributed by atoms with Crippen molar-refractivity contribution in [2.45, 2.75) is 12.8 Å². The van der Waals surface area contributed by atoms with Gasteiger partial charge in [0.2, 0.25) is 0 Å². The van der Waals surface area contributed by atoms with Gasteiger partial charge in [0.15, 0.2) is 5.78 Å². The van der Waals surface area contributed by atoms with E-state index in [0.717, 1.165) is 16.5 Å². The molecule has 0 spiro atoms. The monoisotopic (exact) mass is 360 g/mol. The Morgan fingerprint density at radius 2 is 1.36 bits per heavy atom. The second-order valence-corrected chi connectivity index (χ2v) is 7.37. The minimum atomic E-state index is 0.0575. The predicted molar refractivity (Wildman–Crippen MR) is 117 cm³/mol. The van der Waals surface area contributed by atoms with Crippen molar-refractivity contribution in [3.63, 3.8) is 0 Å². The fourth-order valence-corrected chi connectivity index (χ4v) is 4.34. The predicted octanol–water partition coefficient (Wildman–Crippen LogP) is 6.73. The molecule has 0 bridgehead atoms. The lowest BCUT2D eigenvalue weighted by Crippen LogP contribution is -2.08. The van der Waals surface area contributed by atoms with E-state index in [1.165, 1.54) is 27.6 Å². The third-order valence-electron chi connectivity index (χ3n) is 5.64. The van der Waals surface area contributed by atoms with Crippen molar-refractivity contribution >= 4 is 28.2 Å². The largest absolute Gasteiger partial charge is 0.295 e. The van der Waals surface area contributed by atoms with Gasteiger partial charge >= 0.3 is 0 Å². The van der Waals surface area contributed by atoms with E-state index in [1.54, 1.807) is 6.92 Å². The van der Waals surface area contributed by atoms with Crippen molar-refractivity contribution in [3.8, 4) is 0 Å². The topological polar surface area (TPSA) is 17.1 Å². The second-order valence-electron chi connectivity index (χ2n) is 7.37. The van der Waals surface area contributed by atoms with Crippen LogP contribution in [0.15, 0.2) is 91.0 Å². The van der Waals surface area contributed by atoms with E-state index >= 15 is 0 Å². The van der Waals surface area contributed by atoms with Gasteiger partial charge in [0, 0.05) is 11.5 Å². The number of fused-ring (bicyclic) bond motifs is 2. The summed E-state index contributed by atoms with van der Waals surface area (Å²) in [4.78, 5) is 12.6. The summed E-state index contributed by atoms with van der Waals surface area (Å²) in [6, 6.07) is 31.5. The van der Waals surface area contributed by atoms with Crippen LogP contribution in [0.25, 0.3) is 22.4 Å². The molecule has 0 N–H and O–H groups in total. The van der Waals surface area contributed by atoms with E-state index in [9.17, 15) is 4.79 Å². The smallest absolute Gasteiger partial charge is 0.160 e. The first-order valence-electron chi connectivity index (χ1n) is 9.62. The molecule has 0 saturated heterocycles. The molecule has 28 heavy (non-hydrogen) atoms. The summed E-state index contributed by atoms with van der Waals surface area (Å²) < 4.78 is 0. The minimum Gasteiger partial charge on any atom is -0.295 e. The highest BCUT2D eigenvalue weighted by Crippen LogP contribution is 2.47. The Kier molecular flexibility index (Phi) is 3.95. The van der Waals surface area contributed by atoms with Gasteiger partial charge in [0.05, 0.1) is 0 Å². The minimum absolute atomic E-state index is 0.0575. The molecule has 0 radical (unpaired) electrons. The molecule has 4 aromatic carbocycles. The van der Waals surface area contributed by atoms with Crippen LogP contribution in [0.2, 0.25) is 0 Å². The molecular weight excluding hydrogens is 340 g/mol. The highest BCUT2D eigenvalue weighted by molar-refractivity contribution is 6.03. The lowest BCUT2D eigenvalue weighted by Gasteiger charge is -2.21. The lowest BCUT2D eigenvalue weighted by atomic mass is 9.81. The molecule has 1 unspecified atom stereocenters. The molecule has 1 atom stereocenters. The van der Waals surface area contributed by atoms with E-state index in [-0.39, 0.29) is 11.7 Å². The third-order valence-corrected chi connectivity index (χ3v) is 5.64. The van der Waals surface area contributed by atoms with E-state index in [1.807, 2.05) is 12.1 Å². The molecule has 1 aliphatic carbocycles. The SMILES string of the molecule is CC(=O)c1cc2ccccc2cc1C1C(c2ccccc2)=Cc2ccccc21. The molecule has 1 heteroatoms. The summed E-state index contributed by atoms with van der Waals surface area (Å²) in [5.41, 5.74) is 6.84. The third kappa shape index (κ3) is 2.68. The Bertz CT molecular complexity index is 1230. The van der Waals surface area contributed by atoms with E-state index < -0.39 is 0 Å². The number of allylic oxidation sites excluding steroid dienone is 1. The average Bonchev–Trinajstić information content (AvgIpc) is 3.13. The zero-order valence-electron chi connectivity index (χ0n) is 15.7. The fraction of sp³-hybridized carbons (Fsp3) is 0.0741. The van der Waals surface area contributed by atoms with Crippen LogP contribution in [0.3, 0.4) is 0 Å².